The summed E-state index contributed by atoms with van der Waals surface area (Å²) in [5, 5.41) is 0. The minimum Gasteiger partial charge on any atom is -0.460 e. The lowest BCUT2D eigenvalue weighted by atomic mass is 9.92. The van der Waals surface area contributed by atoms with Gasteiger partial charge in [0.05, 0.1) is 0 Å². The highest BCUT2D eigenvalue weighted by atomic mass is 16.5. The highest BCUT2D eigenvalue weighted by Crippen LogP contribution is 2.18. The summed E-state index contributed by atoms with van der Waals surface area (Å²) in [5.41, 5.74) is 0. The normalized spacial score (nSPS) is 16.1. The minimum atomic E-state index is -0.592. The van der Waals surface area contributed by atoms with Gasteiger partial charge < -0.3 is 9.53 Å². The summed E-state index contributed by atoms with van der Waals surface area (Å²) in [5.74, 6) is -0.715. The lowest BCUT2D eigenvalue weighted by molar-refractivity contribution is -0.155. The molecule has 0 rings (SSSR count). The van der Waals surface area contributed by atoms with Crippen LogP contribution in [0.15, 0.2) is 0 Å². The Balaban J connectivity index is 5.03. The van der Waals surface area contributed by atoms with E-state index in [1.165, 1.54) is 13.8 Å². The summed E-state index contributed by atoms with van der Waals surface area (Å²) in [6, 6.07) is -0.520. The fourth-order valence-electron chi connectivity index (χ4n) is 1.86. The molecule has 0 radical (unpaired) electrons. The van der Waals surface area contributed by atoms with Crippen LogP contribution in [0.4, 0.5) is 0 Å². The lowest BCUT2D eigenvalue weighted by Crippen LogP contribution is -2.49. The third-order valence-corrected chi connectivity index (χ3v) is 2.61. The maximum Gasteiger partial charge on any atom is 0.302 e. The summed E-state index contributed by atoms with van der Waals surface area (Å²) in [4.78, 5) is 34.9. The van der Waals surface area contributed by atoms with E-state index in [2.05, 4.69) is 0 Å². The molecule has 0 heterocycles. The molecule has 0 aromatic heterocycles. The second-order valence-electron chi connectivity index (χ2n) is 4.47. The number of Topliss-reactive ketones (excluding diaryl/α,β-unsaturated/α-hetero) is 1. The summed E-state index contributed by atoms with van der Waals surface area (Å²) >= 11 is 0. The van der Waals surface area contributed by atoms with Crippen LogP contribution < -0.4 is 0 Å². The Morgan fingerprint density at radius 3 is 2.12 bits per heavy atom. The number of ether oxygens (including phenoxy) is 1. The van der Waals surface area contributed by atoms with E-state index in [1.807, 2.05) is 0 Å². The second-order valence-corrected chi connectivity index (χ2v) is 4.47. The Bertz CT molecular complexity index is 288. The molecule has 17 heavy (non-hydrogen) atoms. The van der Waals surface area contributed by atoms with E-state index in [0.717, 1.165) is 6.29 Å². The van der Waals surface area contributed by atoms with Gasteiger partial charge in [-0.3, -0.25) is 14.5 Å². The number of rotatable bonds is 7. The average molecular weight is 243 g/mol. The zero-order chi connectivity index (χ0) is 13.6. The van der Waals surface area contributed by atoms with Crippen molar-refractivity contribution in [1.82, 2.24) is 4.90 Å². The van der Waals surface area contributed by atoms with Crippen molar-refractivity contribution in [2.45, 2.75) is 39.3 Å². The Hall–Kier alpha value is -1.23. The number of carbonyl (C=O) groups excluding carboxylic acids is 3. The van der Waals surface area contributed by atoms with Crippen molar-refractivity contribution in [1.29, 1.82) is 0 Å². The van der Waals surface area contributed by atoms with Crippen LogP contribution in [0.3, 0.4) is 0 Å². The van der Waals surface area contributed by atoms with Crippen LogP contribution in [0, 0.1) is 5.92 Å². The van der Waals surface area contributed by atoms with Gasteiger partial charge in [-0.15, -0.1) is 0 Å². The molecule has 3 atom stereocenters. The Morgan fingerprint density at radius 1 is 1.29 bits per heavy atom. The summed E-state index contributed by atoms with van der Waals surface area (Å²) in [6.07, 6.45) is 0.439. The quantitative estimate of drug-likeness (QED) is 0.485. The molecule has 0 saturated carbocycles. The third-order valence-electron chi connectivity index (χ3n) is 2.61. The molecule has 0 aromatic rings. The Morgan fingerprint density at radius 2 is 1.82 bits per heavy atom. The topological polar surface area (TPSA) is 63.7 Å². The number of aldehydes is 1. The number of nitrogens with zero attached hydrogens (tertiary/aromatic N) is 1. The van der Waals surface area contributed by atoms with Gasteiger partial charge in [0.2, 0.25) is 0 Å². The average Bonchev–Trinajstić information content (AvgIpc) is 2.15. The van der Waals surface area contributed by atoms with E-state index in [4.69, 9.17) is 4.74 Å². The van der Waals surface area contributed by atoms with Crippen molar-refractivity contribution >= 4 is 18.0 Å². The van der Waals surface area contributed by atoms with E-state index in [1.54, 1.807) is 25.9 Å². The van der Waals surface area contributed by atoms with Crippen LogP contribution >= 0.6 is 0 Å². The predicted molar refractivity (Wildman–Crippen MR) is 63.6 cm³/mol. The molecule has 0 aromatic carbocycles. The molecule has 0 amide bonds. The van der Waals surface area contributed by atoms with Crippen molar-refractivity contribution in [3.8, 4) is 0 Å². The van der Waals surface area contributed by atoms with Crippen molar-refractivity contribution in [2.75, 3.05) is 14.1 Å². The van der Waals surface area contributed by atoms with E-state index in [9.17, 15) is 14.4 Å². The second kappa shape index (κ2) is 7.17. The number of ketones is 1. The van der Waals surface area contributed by atoms with E-state index in [0.29, 0.717) is 0 Å². The molecule has 0 aliphatic carbocycles. The van der Waals surface area contributed by atoms with Crippen LogP contribution in [-0.4, -0.2) is 49.2 Å². The fraction of sp³-hybridized carbons (Fsp3) is 0.750. The molecule has 0 spiro atoms. The van der Waals surface area contributed by atoms with Gasteiger partial charge in [-0.1, -0.05) is 6.92 Å². The number of esters is 1. The van der Waals surface area contributed by atoms with Crippen LogP contribution in [0.1, 0.15) is 27.2 Å². The molecule has 0 bridgehead atoms. The number of carbonyl (C=O) groups is 3. The molecule has 0 N–H and O–H groups in total. The SMILES string of the molecule is CC(=O)OC([C@H](C)CC=O)[C@@H](C(C)=O)N(C)C. The Kier molecular flexibility index (Phi) is 6.65. The minimum absolute atomic E-state index is 0.0843. The summed E-state index contributed by atoms with van der Waals surface area (Å²) < 4.78 is 5.19. The number of hydrogen-bond acceptors (Lipinski definition) is 5. The zero-order valence-electron chi connectivity index (χ0n) is 11.1. The standard InChI is InChI=1S/C12H21NO4/c1-8(6-7-14)12(17-10(3)16)11(9(2)15)13(4)5/h7-8,11-12H,6H2,1-5H3/t8-,11-,12?/m1/s1. The van der Waals surface area contributed by atoms with Gasteiger partial charge in [-0.2, -0.15) is 0 Å². The van der Waals surface area contributed by atoms with Crippen LogP contribution in [0.25, 0.3) is 0 Å². The molecule has 1 unspecified atom stereocenters. The first-order chi connectivity index (χ1) is 7.81. The molecule has 0 saturated heterocycles. The van der Waals surface area contributed by atoms with Crippen LogP contribution in [0.5, 0.6) is 0 Å². The van der Waals surface area contributed by atoms with Gasteiger partial charge in [-0.05, 0) is 21.0 Å². The monoisotopic (exact) mass is 243 g/mol. The van der Waals surface area contributed by atoms with Gasteiger partial charge in [-0.25, -0.2) is 0 Å². The first kappa shape index (κ1) is 15.8. The maximum atomic E-state index is 11.6. The molecular weight excluding hydrogens is 222 g/mol. The first-order valence-corrected chi connectivity index (χ1v) is 5.59. The summed E-state index contributed by atoms with van der Waals surface area (Å²) in [6.45, 7) is 4.55. The smallest absolute Gasteiger partial charge is 0.302 e. The van der Waals surface area contributed by atoms with Gasteiger partial charge in [0.15, 0.2) is 5.78 Å². The molecular formula is C12H21NO4. The maximum absolute atomic E-state index is 11.6. The van der Waals surface area contributed by atoms with Crippen molar-refractivity contribution in [3.63, 3.8) is 0 Å². The molecule has 5 nitrogen and oxygen atoms in total. The van der Waals surface area contributed by atoms with Gasteiger partial charge >= 0.3 is 5.97 Å². The van der Waals surface area contributed by atoms with Gasteiger partial charge in [0, 0.05) is 19.3 Å². The zero-order valence-corrected chi connectivity index (χ0v) is 11.1. The van der Waals surface area contributed by atoms with Crippen molar-refractivity contribution in [3.05, 3.63) is 0 Å². The number of hydrogen-bond donors (Lipinski definition) is 0. The molecule has 0 aliphatic rings. The Labute approximate surface area is 102 Å². The molecule has 0 aliphatic heterocycles. The van der Waals surface area contributed by atoms with Crippen molar-refractivity contribution in [2.24, 2.45) is 5.92 Å². The largest absolute Gasteiger partial charge is 0.460 e. The van der Waals surface area contributed by atoms with Crippen LogP contribution in [-0.2, 0) is 19.1 Å². The number of likely N-dealkylation sites (N-methyl/N-ethyl adjacent to an activating group) is 1. The third kappa shape index (κ3) is 5.08. The molecule has 0 fully saturated rings. The highest BCUT2D eigenvalue weighted by molar-refractivity contribution is 5.82. The van der Waals surface area contributed by atoms with E-state index < -0.39 is 18.1 Å². The molecule has 5 heteroatoms. The first-order valence-electron chi connectivity index (χ1n) is 5.59. The van der Waals surface area contributed by atoms with E-state index in [-0.39, 0.29) is 18.1 Å². The highest BCUT2D eigenvalue weighted by Gasteiger charge is 2.34. The fourth-order valence-corrected chi connectivity index (χ4v) is 1.86. The van der Waals surface area contributed by atoms with Crippen molar-refractivity contribution < 1.29 is 19.1 Å². The predicted octanol–water partition coefficient (Wildman–Crippen LogP) is 0.662. The van der Waals surface area contributed by atoms with E-state index >= 15 is 0 Å². The summed E-state index contributed by atoms with van der Waals surface area (Å²) in [7, 11) is 3.49. The molecule has 98 valence electrons. The van der Waals surface area contributed by atoms with Gasteiger partial charge in [0.1, 0.15) is 18.4 Å². The lowest BCUT2D eigenvalue weighted by Gasteiger charge is -2.33. The van der Waals surface area contributed by atoms with Gasteiger partial charge in [0.25, 0.3) is 0 Å². The van der Waals surface area contributed by atoms with Crippen LogP contribution in [0.2, 0.25) is 0 Å².